The lowest BCUT2D eigenvalue weighted by Crippen LogP contribution is -2.23. The summed E-state index contributed by atoms with van der Waals surface area (Å²) in [4.78, 5) is 11.2. The Balaban J connectivity index is 1.57. The van der Waals surface area contributed by atoms with E-state index in [0.717, 1.165) is 30.2 Å². The monoisotopic (exact) mass is 338 g/mol. The molecule has 1 nitrogen and oxygen atoms in total. The van der Waals surface area contributed by atoms with Gasteiger partial charge in [-0.25, -0.2) is 0 Å². The maximum atomic E-state index is 12.5. The van der Waals surface area contributed by atoms with Gasteiger partial charge in [0.2, 0.25) is 0 Å². The highest BCUT2D eigenvalue weighted by atomic mass is 19.4. The number of alkyl halides is 3. The molecular weight excluding hydrogens is 313 g/mol. The summed E-state index contributed by atoms with van der Waals surface area (Å²) in [7, 11) is 0. The molecule has 0 radical (unpaired) electrons. The summed E-state index contributed by atoms with van der Waals surface area (Å²) in [5, 5.41) is 0. The molecule has 0 aromatic heterocycles. The molecule has 1 aromatic rings. The minimum atomic E-state index is -4.79. The van der Waals surface area contributed by atoms with Crippen molar-refractivity contribution in [1.82, 2.24) is 0 Å². The quantitative estimate of drug-likeness (QED) is 0.592. The molecular formula is C20H25F3O. The molecule has 2 fully saturated rings. The normalized spacial score (nSPS) is 26.3. The van der Waals surface area contributed by atoms with Gasteiger partial charge in [0, 0.05) is 5.56 Å². The molecule has 0 unspecified atom stereocenters. The molecule has 2 saturated carbocycles. The second kappa shape index (κ2) is 7.28. The van der Waals surface area contributed by atoms with E-state index in [9.17, 15) is 18.0 Å². The van der Waals surface area contributed by atoms with Crippen molar-refractivity contribution in [3.8, 4) is 0 Å². The highest BCUT2D eigenvalue weighted by Gasteiger charge is 2.39. The van der Waals surface area contributed by atoms with E-state index in [4.69, 9.17) is 0 Å². The summed E-state index contributed by atoms with van der Waals surface area (Å²) in [5.41, 5.74) is 0.818. The van der Waals surface area contributed by atoms with Crippen LogP contribution in [0.3, 0.4) is 0 Å². The first-order valence-corrected chi connectivity index (χ1v) is 9.16. The maximum absolute atomic E-state index is 12.5. The molecule has 0 bridgehead atoms. The van der Waals surface area contributed by atoms with Crippen LogP contribution in [-0.4, -0.2) is 12.0 Å². The van der Waals surface area contributed by atoms with Crippen molar-refractivity contribution in [2.75, 3.05) is 0 Å². The van der Waals surface area contributed by atoms with E-state index in [1.807, 2.05) is 0 Å². The van der Waals surface area contributed by atoms with Gasteiger partial charge in [-0.05, 0) is 49.0 Å². The van der Waals surface area contributed by atoms with Gasteiger partial charge in [-0.3, -0.25) is 4.79 Å². The van der Waals surface area contributed by atoms with Gasteiger partial charge in [0.1, 0.15) is 0 Å². The van der Waals surface area contributed by atoms with Crippen molar-refractivity contribution in [3.63, 3.8) is 0 Å². The molecule has 0 spiro atoms. The highest BCUT2D eigenvalue weighted by molar-refractivity contribution is 6.00. The number of ketones is 1. The van der Waals surface area contributed by atoms with Crippen LogP contribution in [0.4, 0.5) is 13.2 Å². The van der Waals surface area contributed by atoms with Gasteiger partial charge >= 0.3 is 6.18 Å². The first-order chi connectivity index (χ1) is 11.4. The van der Waals surface area contributed by atoms with Crippen LogP contribution in [0.15, 0.2) is 24.3 Å². The molecule has 0 heterocycles. The molecule has 132 valence electrons. The van der Waals surface area contributed by atoms with E-state index < -0.39 is 12.0 Å². The van der Waals surface area contributed by atoms with Gasteiger partial charge in [-0.15, -0.1) is 0 Å². The van der Waals surface area contributed by atoms with Crippen molar-refractivity contribution in [3.05, 3.63) is 35.4 Å². The number of rotatable bonds is 3. The van der Waals surface area contributed by atoms with Crippen molar-refractivity contribution in [1.29, 1.82) is 0 Å². The Bertz CT molecular complexity index is 547. The van der Waals surface area contributed by atoms with Crippen molar-refractivity contribution in [2.24, 2.45) is 11.8 Å². The zero-order chi connectivity index (χ0) is 17.2. The predicted octanol–water partition coefficient (Wildman–Crippen LogP) is 6.29. The highest BCUT2D eigenvalue weighted by Crippen LogP contribution is 2.43. The third-order valence-electron chi connectivity index (χ3n) is 5.99. The average Bonchev–Trinajstić information content (AvgIpc) is 2.61. The lowest BCUT2D eigenvalue weighted by molar-refractivity contribution is -0.0885. The van der Waals surface area contributed by atoms with E-state index in [0.29, 0.717) is 5.92 Å². The topological polar surface area (TPSA) is 17.1 Å². The number of Topliss-reactive ketones (excluding diaryl/α,β-unsaturated/α-hetero) is 1. The summed E-state index contributed by atoms with van der Waals surface area (Å²) in [5.74, 6) is 0.411. The number of carbonyl (C=O) groups excluding carboxylic acids is 1. The zero-order valence-corrected chi connectivity index (χ0v) is 13.9. The lowest BCUT2D eigenvalue weighted by Gasteiger charge is -2.36. The van der Waals surface area contributed by atoms with E-state index in [1.54, 1.807) is 12.1 Å². The van der Waals surface area contributed by atoms with Crippen LogP contribution in [0.1, 0.15) is 79.6 Å². The molecule has 24 heavy (non-hydrogen) atoms. The smallest absolute Gasteiger partial charge is 0.284 e. The summed E-state index contributed by atoms with van der Waals surface area (Å²) < 4.78 is 37.4. The molecule has 0 aliphatic heterocycles. The van der Waals surface area contributed by atoms with Crippen molar-refractivity contribution < 1.29 is 18.0 Å². The number of benzene rings is 1. The Hall–Kier alpha value is -1.32. The van der Waals surface area contributed by atoms with Crippen LogP contribution >= 0.6 is 0 Å². The van der Waals surface area contributed by atoms with Gasteiger partial charge in [0.05, 0.1) is 0 Å². The number of halogens is 3. The number of carbonyl (C=O) groups is 1. The van der Waals surface area contributed by atoms with Crippen molar-refractivity contribution >= 4 is 5.78 Å². The Morgan fingerprint density at radius 3 is 1.88 bits per heavy atom. The Morgan fingerprint density at radius 2 is 1.33 bits per heavy atom. The molecule has 0 atom stereocenters. The fourth-order valence-electron chi connectivity index (χ4n) is 4.60. The fourth-order valence-corrected chi connectivity index (χ4v) is 4.60. The predicted molar refractivity (Wildman–Crippen MR) is 88.1 cm³/mol. The largest absolute Gasteiger partial charge is 0.454 e. The lowest BCUT2D eigenvalue weighted by atomic mass is 9.70. The van der Waals surface area contributed by atoms with E-state index in [1.165, 1.54) is 57.1 Å². The third kappa shape index (κ3) is 4.01. The first-order valence-electron chi connectivity index (χ1n) is 9.16. The standard InChI is InChI=1S/C20H25F3O/c21-20(22,23)19(24)18-12-10-17(11-13-18)16-8-6-15(7-9-16)14-4-2-1-3-5-14/h10-16H,1-9H2. The van der Waals surface area contributed by atoms with Gasteiger partial charge in [0.25, 0.3) is 5.78 Å². The number of hydrogen-bond acceptors (Lipinski definition) is 1. The van der Waals surface area contributed by atoms with Gasteiger partial charge < -0.3 is 0 Å². The van der Waals surface area contributed by atoms with Crippen LogP contribution in [0.5, 0.6) is 0 Å². The molecule has 0 saturated heterocycles. The van der Waals surface area contributed by atoms with Crippen LogP contribution in [0, 0.1) is 11.8 Å². The van der Waals surface area contributed by atoms with E-state index >= 15 is 0 Å². The zero-order valence-electron chi connectivity index (χ0n) is 13.9. The summed E-state index contributed by atoms with van der Waals surface area (Å²) >= 11 is 0. The van der Waals surface area contributed by atoms with Crippen LogP contribution in [0.25, 0.3) is 0 Å². The molecule has 1 aromatic carbocycles. The van der Waals surface area contributed by atoms with Crippen molar-refractivity contribution in [2.45, 2.75) is 69.9 Å². The second-order valence-electron chi connectivity index (χ2n) is 7.46. The summed E-state index contributed by atoms with van der Waals surface area (Å²) in [6.07, 6.45) is 6.80. The molecule has 2 aliphatic rings. The van der Waals surface area contributed by atoms with Gasteiger partial charge in [0.15, 0.2) is 0 Å². The van der Waals surface area contributed by atoms with Crippen LogP contribution < -0.4 is 0 Å². The van der Waals surface area contributed by atoms with Gasteiger partial charge in [-0.1, -0.05) is 56.4 Å². The third-order valence-corrected chi connectivity index (χ3v) is 5.99. The SMILES string of the molecule is O=C(c1ccc(C2CCC(C3CCCCC3)CC2)cc1)C(F)(F)F. The molecule has 3 rings (SSSR count). The molecule has 0 N–H and O–H groups in total. The second-order valence-corrected chi connectivity index (χ2v) is 7.46. The van der Waals surface area contributed by atoms with Gasteiger partial charge in [-0.2, -0.15) is 13.2 Å². The maximum Gasteiger partial charge on any atom is 0.454 e. The minimum Gasteiger partial charge on any atom is -0.284 e. The van der Waals surface area contributed by atoms with E-state index in [-0.39, 0.29) is 5.56 Å². The number of hydrogen-bond donors (Lipinski definition) is 0. The molecule has 4 heteroatoms. The minimum absolute atomic E-state index is 0.262. The molecule has 0 amide bonds. The van der Waals surface area contributed by atoms with E-state index in [2.05, 4.69) is 0 Å². The van der Waals surface area contributed by atoms with Crippen LogP contribution in [-0.2, 0) is 0 Å². The Kier molecular flexibility index (Phi) is 5.31. The first kappa shape index (κ1) is 17.5. The summed E-state index contributed by atoms with van der Waals surface area (Å²) in [6.45, 7) is 0. The Labute approximate surface area is 141 Å². The fraction of sp³-hybridized carbons (Fsp3) is 0.650. The summed E-state index contributed by atoms with van der Waals surface area (Å²) in [6, 6.07) is 6.09. The molecule has 2 aliphatic carbocycles. The average molecular weight is 338 g/mol. The van der Waals surface area contributed by atoms with Crippen LogP contribution in [0.2, 0.25) is 0 Å². The Morgan fingerprint density at radius 1 is 0.792 bits per heavy atom.